The van der Waals surface area contributed by atoms with Crippen LogP contribution in [-0.4, -0.2) is 20.4 Å². The monoisotopic (exact) mass is 527 g/mol. The summed E-state index contributed by atoms with van der Waals surface area (Å²) < 4.78 is 42.3. The first kappa shape index (κ1) is 25.7. The van der Waals surface area contributed by atoms with E-state index in [2.05, 4.69) is 20.6 Å². The molecule has 2 aromatic heterocycles. The fraction of sp³-hybridized carbons (Fsp3) is 0.100. The maximum atomic E-state index is 13.6. The van der Waals surface area contributed by atoms with Gasteiger partial charge in [0.05, 0.1) is 17.6 Å². The van der Waals surface area contributed by atoms with E-state index < -0.39 is 17.6 Å². The van der Waals surface area contributed by atoms with Crippen molar-refractivity contribution >= 4 is 23.0 Å². The molecule has 0 bridgehead atoms. The van der Waals surface area contributed by atoms with E-state index in [1.54, 1.807) is 43.7 Å². The molecule has 0 fully saturated rings. The van der Waals surface area contributed by atoms with E-state index in [4.69, 9.17) is 0 Å². The van der Waals surface area contributed by atoms with Gasteiger partial charge in [0, 0.05) is 52.5 Å². The molecule has 9 heteroatoms. The van der Waals surface area contributed by atoms with Crippen molar-refractivity contribution in [1.82, 2.24) is 14.5 Å². The minimum atomic E-state index is -4.59. The van der Waals surface area contributed by atoms with E-state index in [1.807, 2.05) is 43.3 Å². The Bertz CT molecular complexity index is 1640. The van der Waals surface area contributed by atoms with Crippen LogP contribution in [0.3, 0.4) is 0 Å². The van der Waals surface area contributed by atoms with E-state index in [0.29, 0.717) is 16.9 Å². The molecule has 2 N–H and O–H groups in total. The van der Waals surface area contributed by atoms with Gasteiger partial charge in [-0.3, -0.25) is 9.78 Å². The number of nitrogens with zero attached hydrogens (tertiary/aromatic N) is 3. The number of hydrogen-bond acceptors (Lipinski definition) is 4. The van der Waals surface area contributed by atoms with Crippen molar-refractivity contribution in [2.24, 2.45) is 0 Å². The first-order valence-corrected chi connectivity index (χ1v) is 12.1. The highest BCUT2D eigenvalue weighted by Gasteiger charge is 2.31. The first-order chi connectivity index (χ1) is 18.7. The second kappa shape index (κ2) is 10.4. The maximum absolute atomic E-state index is 13.6. The third-order valence-corrected chi connectivity index (χ3v) is 6.15. The molecule has 1 amide bonds. The summed E-state index contributed by atoms with van der Waals surface area (Å²) in [5, 5.41) is 5.97. The van der Waals surface area contributed by atoms with Gasteiger partial charge >= 0.3 is 6.18 Å². The fourth-order valence-electron chi connectivity index (χ4n) is 4.13. The molecule has 2 heterocycles. The van der Waals surface area contributed by atoms with Crippen molar-refractivity contribution in [3.05, 3.63) is 120 Å². The molecule has 0 aliphatic rings. The molecule has 0 saturated carbocycles. The van der Waals surface area contributed by atoms with Gasteiger partial charge in [-0.2, -0.15) is 13.2 Å². The highest BCUT2D eigenvalue weighted by molar-refractivity contribution is 6.05. The molecule has 5 aromatic rings. The number of aromatic nitrogens is 3. The quantitative estimate of drug-likeness (QED) is 0.239. The van der Waals surface area contributed by atoms with Crippen LogP contribution in [0.25, 0.3) is 16.8 Å². The standard InChI is InChI=1S/C30H24F3N5O/c1-19-8-9-22(12-28(19)36-25-7-3-5-21(11-25)23-6-4-10-34-16-23)29(39)37-26-13-24(30(31,32)33)14-27(15-26)38-17-20(2)35-18-38/h3-18,36H,1-2H3,(H,37,39). The Morgan fingerprint density at radius 3 is 2.44 bits per heavy atom. The molecular formula is C30H24F3N5O. The van der Waals surface area contributed by atoms with Crippen LogP contribution in [0.2, 0.25) is 0 Å². The van der Waals surface area contributed by atoms with Gasteiger partial charge < -0.3 is 15.2 Å². The van der Waals surface area contributed by atoms with Gasteiger partial charge in [-0.1, -0.05) is 24.3 Å². The highest BCUT2D eigenvalue weighted by Crippen LogP contribution is 2.33. The number of benzene rings is 3. The topological polar surface area (TPSA) is 71.8 Å². The van der Waals surface area contributed by atoms with E-state index in [0.717, 1.165) is 34.5 Å². The van der Waals surface area contributed by atoms with Crippen molar-refractivity contribution in [2.75, 3.05) is 10.6 Å². The zero-order chi connectivity index (χ0) is 27.6. The predicted octanol–water partition coefficient (Wildman–Crippen LogP) is 7.57. The van der Waals surface area contributed by atoms with Gasteiger partial charge in [0.1, 0.15) is 0 Å². The number of amides is 1. The number of halogens is 3. The molecule has 6 nitrogen and oxygen atoms in total. The zero-order valence-corrected chi connectivity index (χ0v) is 21.1. The molecule has 0 aliphatic heterocycles. The number of anilines is 3. The predicted molar refractivity (Wildman–Crippen MR) is 145 cm³/mol. The zero-order valence-electron chi connectivity index (χ0n) is 21.1. The molecule has 196 valence electrons. The SMILES string of the molecule is Cc1cn(-c2cc(NC(=O)c3ccc(C)c(Nc4cccc(-c5cccnc5)c4)c3)cc(C(F)(F)F)c2)cn1. The van der Waals surface area contributed by atoms with Crippen LogP contribution >= 0.6 is 0 Å². The normalized spacial score (nSPS) is 11.3. The Labute approximate surface area is 223 Å². The summed E-state index contributed by atoms with van der Waals surface area (Å²) in [6.45, 7) is 3.64. The third kappa shape index (κ3) is 5.98. The number of aryl methyl sites for hydroxylation is 2. The van der Waals surface area contributed by atoms with Crippen LogP contribution in [0.4, 0.5) is 30.2 Å². The summed E-state index contributed by atoms with van der Waals surface area (Å²) in [5.41, 5.74) is 4.70. The van der Waals surface area contributed by atoms with Crippen LogP contribution in [-0.2, 0) is 6.18 Å². The number of imidazole rings is 1. The van der Waals surface area contributed by atoms with Gasteiger partial charge in [-0.05, 0) is 73.5 Å². The van der Waals surface area contributed by atoms with E-state index in [-0.39, 0.29) is 11.4 Å². The Kier molecular flexibility index (Phi) is 6.89. The molecule has 0 radical (unpaired) electrons. The number of nitrogens with one attached hydrogen (secondary N) is 2. The average molecular weight is 528 g/mol. The lowest BCUT2D eigenvalue weighted by Gasteiger charge is -2.15. The molecule has 39 heavy (non-hydrogen) atoms. The van der Waals surface area contributed by atoms with Crippen molar-refractivity contribution in [3.8, 4) is 16.8 Å². The molecule has 3 aromatic carbocycles. The molecule has 0 saturated heterocycles. The second-order valence-corrected chi connectivity index (χ2v) is 9.12. The summed E-state index contributed by atoms with van der Waals surface area (Å²) in [4.78, 5) is 21.4. The van der Waals surface area contributed by atoms with Crippen molar-refractivity contribution in [3.63, 3.8) is 0 Å². The molecule has 0 aliphatic carbocycles. The summed E-state index contributed by atoms with van der Waals surface area (Å²) in [5.74, 6) is -0.533. The van der Waals surface area contributed by atoms with Crippen LogP contribution in [0.15, 0.2) is 97.7 Å². The lowest BCUT2D eigenvalue weighted by atomic mass is 10.1. The maximum Gasteiger partial charge on any atom is 0.416 e. The minimum Gasteiger partial charge on any atom is -0.355 e. The number of rotatable bonds is 6. The van der Waals surface area contributed by atoms with Gasteiger partial charge in [0.15, 0.2) is 0 Å². The largest absolute Gasteiger partial charge is 0.416 e. The number of pyridine rings is 1. The average Bonchev–Trinajstić information content (AvgIpc) is 3.36. The Morgan fingerprint density at radius 1 is 0.897 bits per heavy atom. The number of carbonyl (C=O) groups is 1. The Balaban J connectivity index is 1.41. The van der Waals surface area contributed by atoms with Crippen LogP contribution < -0.4 is 10.6 Å². The Hall–Kier alpha value is -4.92. The van der Waals surface area contributed by atoms with Crippen LogP contribution in [0.5, 0.6) is 0 Å². The number of carbonyl (C=O) groups excluding carboxylic acids is 1. The van der Waals surface area contributed by atoms with Crippen LogP contribution in [0.1, 0.15) is 27.2 Å². The van der Waals surface area contributed by atoms with Gasteiger partial charge in [0.2, 0.25) is 0 Å². The summed E-state index contributed by atoms with van der Waals surface area (Å²) in [6.07, 6.45) is 1.95. The first-order valence-electron chi connectivity index (χ1n) is 12.1. The van der Waals surface area contributed by atoms with Crippen molar-refractivity contribution in [1.29, 1.82) is 0 Å². The second-order valence-electron chi connectivity index (χ2n) is 9.12. The molecule has 5 rings (SSSR count). The number of hydrogen-bond donors (Lipinski definition) is 2. The van der Waals surface area contributed by atoms with Crippen LogP contribution in [0, 0.1) is 13.8 Å². The summed E-state index contributed by atoms with van der Waals surface area (Å²) in [7, 11) is 0. The van der Waals surface area contributed by atoms with Gasteiger partial charge in [0.25, 0.3) is 5.91 Å². The third-order valence-electron chi connectivity index (χ3n) is 6.15. The Morgan fingerprint density at radius 2 is 1.72 bits per heavy atom. The smallest absolute Gasteiger partial charge is 0.355 e. The minimum absolute atomic E-state index is 0.0235. The van der Waals surface area contributed by atoms with Crippen molar-refractivity contribution < 1.29 is 18.0 Å². The van der Waals surface area contributed by atoms with E-state index >= 15 is 0 Å². The molecule has 0 spiro atoms. The molecular weight excluding hydrogens is 503 g/mol. The van der Waals surface area contributed by atoms with Gasteiger partial charge in [-0.15, -0.1) is 0 Å². The lowest BCUT2D eigenvalue weighted by Crippen LogP contribution is -2.14. The van der Waals surface area contributed by atoms with E-state index in [1.165, 1.54) is 17.0 Å². The fourth-order valence-corrected chi connectivity index (χ4v) is 4.13. The van der Waals surface area contributed by atoms with Crippen molar-refractivity contribution in [2.45, 2.75) is 20.0 Å². The number of alkyl halides is 3. The summed E-state index contributed by atoms with van der Waals surface area (Å²) in [6, 6.07) is 20.1. The highest BCUT2D eigenvalue weighted by atomic mass is 19.4. The van der Waals surface area contributed by atoms with E-state index in [9.17, 15) is 18.0 Å². The lowest BCUT2D eigenvalue weighted by molar-refractivity contribution is -0.137. The van der Waals surface area contributed by atoms with Gasteiger partial charge in [-0.25, -0.2) is 4.98 Å². The molecule has 0 atom stereocenters. The summed E-state index contributed by atoms with van der Waals surface area (Å²) >= 11 is 0. The molecule has 0 unspecified atom stereocenters.